The summed E-state index contributed by atoms with van der Waals surface area (Å²) in [6.07, 6.45) is -2.89. The Hall–Kier alpha value is -1.42. The van der Waals surface area contributed by atoms with Crippen LogP contribution in [0.5, 0.6) is 0 Å². The summed E-state index contributed by atoms with van der Waals surface area (Å²) in [7, 11) is 0. The highest BCUT2D eigenvalue weighted by Crippen LogP contribution is 1.85. The number of rotatable bonds is 15. The molecule has 0 amide bonds. The van der Waals surface area contributed by atoms with Crippen molar-refractivity contribution in [2.45, 2.75) is 12.5 Å². The van der Waals surface area contributed by atoms with E-state index in [-0.39, 0.29) is 39.6 Å². The van der Waals surface area contributed by atoms with Gasteiger partial charge in [-0.3, -0.25) is 0 Å². The molecule has 0 heterocycles. The third-order valence-electron chi connectivity index (χ3n) is 3.42. The number of hydrogen-bond acceptors (Lipinski definition) is 11. The second kappa shape index (κ2) is 24.6. The lowest BCUT2D eigenvalue weighted by atomic mass is 10.3. The fraction of sp³-hybridized carbons (Fsp3) is 0.875. The second-order valence-corrected chi connectivity index (χ2v) is 5.75. The van der Waals surface area contributed by atoms with Crippen molar-refractivity contribution < 1.29 is 65.3 Å². The van der Waals surface area contributed by atoms with Gasteiger partial charge in [-0.1, -0.05) is 0 Å². The smallest absolute Gasteiger partial charge is 0.101 e. The summed E-state index contributed by atoms with van der Waals surface area (Å²) < 4.78 is 0. The van der Waals surface area contributed by atoms with Crippen molar-refractivity contribution in [1.29, 1.82) is 0 Å². The summed E-state index contributed by atoms with van der Waals surface area (Å²) in [6.45, 7) is 4.23. The van der Waals surface area contributed by atoms with Crippen LogP contribution in [0.2, 0.25) is 0 Å². The number of carbonyl (C=O) groups is 2. The Bertz CT molecular complexity index is 328. The summed E-state index contributed by atoms with van der Waals surface area (Å²) >= 11 is 0. The molecule has 0 bridgehead atoms. The van der Waals surface area contributed by atoms with Crippen LogP contribution >= 0.6 is 0 Å². The van der Waals surface area contributed by atoms with Gasteiger partial charge in [0.15, 0.2) is 0 Å². The van der Waals surface area contributed by atoms with E-state index in [0.29, 0.717) is 39.3 Å². The maximum atomic E-state index is 9.58. The Morgan fingerprint density at radius 2 is 0.862 bits per heavy atom. The lowest BCUT2D eigenvalue weighted by Gasteiger charge is -2.15. The molecule has 0 aromatic rings. The number of carbonyl (C=O) groups excluding carboxylic acids is 2. The van der Waals surface area contributed by atoms with Crippen LogP contribution in [0.4, 0.5) is 0 Å². The molecule has 13 nitrogen and oxygen atoms in total. The number of hydrogen-bond donors (Lipinski definition) is 9. The van der Waals surface area contributed by atoms with E-state index in [0.717, 1.165) is 9.80 Å². The van der Waals surface area contributed by atoms with E-state index in [1.165, 1.54) is 0 Å². The van der Waals surface area contributed by atoms with Crippen molar-refractivity contribution >= 4 is 11.9 Å². The third kappa shape index (κ3) is 26.6. The van der Waals surface area contributed by atoms with Crippen molar-refractivity contribution in [1.82, 2.24) is 0 Å². The van der Waals surface area contributed by atoms with E-state index in [1.54, 1.807) is 0 Å². The van der Waals surface area contributed by atoms with Crippen LogP contribution in [0.25, 0.3) is 0 Å². The first-order chi connectivity index (χ1) is 13.7. The minimum atomic E-state index is -1.96. The third-order valence-corrected chi connectivity index (χ3v) is 3.42. The van der Waals surface area contributed by atoms with Crippen LogP contribution in [-0.2, 0) is 9.59 Å². The molecule has 0 aliphatic carbocycles. The molecule has 176 valence electrons. The van der Waals surface area contributed by atoms with E-state index in [4.69, 9.17) is 35.7 Å². The van der Waals surface area contributed by atoms with Gasteiger partial charge in [0.2, 0.25) is 0 Å². The molecule has 0 fully saturated rings. The first kappa shape index (κ1) is 32.3. The highest BCUT2D eigenvalue weighted by atomic mass is 16.4. The Morgan fingerprint density at radius 1 is 0.621 bits per heavy atom. The van der Waals surface area contributed by atoms with Gasteiger partial charge in [-0.2, -0.15) is 0 Å². The molecule has 1 atom stereocenters. The molecule has 0 aromatic carbocycles. The maximum Gasteiger partial charge on any atom is 0.101 e. The van der Waals surface area contributed by atoms with Gasteiger partial charge in [-0.15, -0.1) is 0 Å². The highest BCUT2D eigenvalue weighted by Gasteiger charge is 2.05. The zero-order valence-electron chi connectivity index (χ0n) is 16.5. The summed E-state index contributed by atoms with van der Waals surface area (Å²) in [4.78, 5) is 21.2. The molecular formula is C16H36N2O11. The van der Waals surface area contributed by atoms with Gasteiger partial charge < -0.3 is 65.3 Å². The molecule has 0 spiro atoms. The van der Waals surface area contributed by atoms with E-state index < -0.39 is 24.5 Å². The van der Waals surface area contributed by atoms with Crippen LogP contribution in [0, 0.1) is 0 Å². The maximum absolute atomic E-state index is 9.58. The van der Waals surface area contributed by atoms with E-state index in [9.17, 15) is 19.8 Å². The lowest BCUT2D eigenvalue weighted by molar-refractivity contribution is -0.901. The van der Waals surface area contributed by atoms with Crippen molar-refractivity contribution in [2.24, 2.45) is 0 Å². The molecule has 9 N–H and O–H groups in total. The van der Waals surface area contributed by atoms with Crippen molar-refractivity contribution in [2.75, 3.05) is 78.9 Å². The normalized spacial score (nSPS) is 11.3. The van der Waals surface area contributed by atoms with Gasteiger partial charge in [-0.05, 0) is 0 Å². The lowest BCUT2D eigenvalue weighted by Crippen LogP contribution is -3.13. The number of quaternary nitrogens is 2. The number of nitrogens with one attached hydrogen (secondary N) is 2. The van der Waals surface area contributed by atoms with Gasteiger partial charge in [0, 0.05) is 12.4 Å². The molecule has 0 rings (SSSR count). The van der Waals surface area contributed by atoms with Crippen LogP contribution in [-0.4, -0.2) is 133 Å². The topological polar surface area (TPSA) is 231 Å². The molecular weight excluding hydrogens is 396 g/mol. The number of aliphatic hydroxyl groups excluding tert-OH is 7. The van der Waals surface area contributed by atoms with Gasteiger partial charge in [-0.25, -0.2) is 0 Å². The zero-order valence-corrected chi connectivity index (χ0v) is 16.5. The Morgan fingerprint density at radius 3 is 0.966 bits per heavy atom. The molecule has 0 aliphatic heterocycles. The summed E-state index contributed by atoms with van der Waals surface area (Å²) in [5, 5.41) is 78.4. The number of aliphatic hydroxyl groups is 7. The summed E-state index contributed by atoms with van der Waals surface area (Å²) in [5.74, 6) is -3.43. The van der Waals surface area contributed by atoms with Crippen LogP contribution in [0.1, 0.15) is 6.42 Å². The second-order valence-electron chi connectivity index (χ2n) is 5.75. The fourth-order valence-electron chi connectivity index (χ4n) is 1.94. The van der Waals surface area contributed by atoms with Gasteiger partial charge >= 0.3 is 0 Å². The Kier molecular flexibility index (Phi) is 27.4. The zero-order chi connectivity index (χ0) is 23.1. The Balaban J connectivity index is -0.000000350. The minimum absolute atomic E-state index is 0.106. The summed E-state index contributed by atoms with van der Waals surface area (Å²) in [5.41, 5.74) is 0. The quantitative estimate of drug-likeness (QED) is 0.118. The van der Waals surface area contributed by atoms with Crippen molar-refractivity contribution in [3.05, 3.63) is 0 Å². The van der Waals surface area contributed by atoms with Crippen LogP contribution in [0.15, 0.2) is 0 Å². The SMILES string of the molecule is O=C([O-])CC(O)C(=O)[O-].OCC[NH+](CCO)CCO.OCC[NH+](CCO)CCO. The molecule has 0 aromatic heterocycles. The molecule has 29 heavy (non-hydrogen) atoms. The van der Waals surface area contributed by atoms with Crippen LogP contribution < -0.4 is 20.0 Å². The number of carboxylic acids is 2. The standard InChI is InChI=1S/2C6H15NO3.C4H6O5/c2*8-4-1-7(2-5-9)3-6-10;5-2(4(8)9)1-3(6)7/h2*8-10H,1-6H2;2,5H,1H2,(H,6,7)(H,8,9). The molecule has 0 aliphatic rings. The molecule has 0 saturated heterocycles. The van der Waals surface area contributed by atoms with E-state index in [1.807, 2.05) is 0 Å². The largest absolute Gasteiger partial charge is 0.550 e. The summed E-state index contributed by atoms with van der Waals surface area (Å²) in [6, 6.07) is 0. The first-order valence-corrected chi connectivity index (χ1v) is 9.14. The highest BCUT2D eigenvalue weighted by molar-refractivity contribution is 5.76. The van der Waals surface area contributed by atoms with Gasteiger partial charge in [0.1, 0.15) is 39.3 Å². The molecule has 0 saturated carbocycles. The molecule has 0 radical (unpaired) electrons. The Labute approximate surface area is 169 Å². The molecule has 13 heteroatoms. The van der Waals surface area contributed by atoms with Gasteiger partial charge in [0.25, 0.3) is 0 Å². The predicted molar refractivity (Wildman–Crippen MR) is 94.3 cm³/mol. The fourth-order valence-corrected chi connectivity index (χ4v) is 1.94. The first-order valence-electron chi connectivity index (χ1n) is 9.14. The van der Waals surface area contributed by atoms with Gasteiger partial charge in [0.05, 0.1) is 51.7 Å². The van der Waals surface area contributed by atoms with Crippen molar-refractivity contribution in [3.63, 3.8) is 0 Å². The minimum Gasteiger partial charge on any atom is -0.550 e. The van der Waals surface area contributed by atoms with E-state index >= 15 is 0 Å². The average Bonchev–Trinajstić information content (AvgIpc) is 2.63. The number of carboxylic acid groups (broad SMARTS) is 2. The van der Waals surface area contributed by atoms with Crippen molar-refractivity contribution in [3.8, 4) is 0 Å². The number of aliphatic carboxylic acids is 2. The predicted octanol–water partition coefficient (Wildman–Crippen LogP) is -10.1. The molecule has 1 unspecified atom stereocenters. The van der Waals surface area contributed by atoms with Crippen LogP contribution in [0.3, 0.4) is 0 Å². The van der Waals surface area contributed by atoms with E-state index in [2.05, 4.69) is 0 Å². The monoisotopic (exact) mass is 432 g/mol. The average molecular weight is 432 g/mol.